The van der Waals surface area contributed by atoms with E-state index in [1.165, 1.54) is 0 Å². The zero-order valence-corrected chi connectivity index (χ0v) is 9.50. The average Bonchev–Trinajstić information content (AvgIpc) is 2.29. The second-order valence-corrected chi connectivity index (χ2v) is 3.61. The monoisotopic (exact) mass is 206 g/mol. The van der Waals surface area contributed by atoms with Gasteiger partial charge in [0.15, 0.2) is 0 Å². The van der Waals surface area contributed by atoms with E-state index in [-0.39, 0.29) is 11.9 Å². The van der Waals surface area contributed by atoms with Crippen molar-refractivity contribution in [1.29, 1.82) is 0 Å². The summed E-state index contributed by atoms with van der Waals surface area (Å²) in [5.74, 6) is -0.00740. The largest absolute Gasteiger partial charge is 0.388 e. The van der Waals surface area contributed by atoms with Crippen molar-refractivity contribution in [3.05, 3.63) is 29.8 Å². The van der Waals surface area contributed by atoms with Crippen LogP contribution in [-0.2, 0) is 0 Å². The Morgan fingerprint density at radius 2 is 1.93 bits per heavy atom. The number of amides is 1. The molecule has 1 aromatic carbocycles. The number of benzene rings is 1. The summed E-state index contributed by atoms with van der Waals surface area (Å²) in [7, 11) is 1.86. The molecule has 1 rings (SSSR count). The molecule has 0 fully saturated rings. The molecule has 2 N–H and O–H groups in total. The number of carbonyl (C=O) groups excluding carboxylic acids is 1. The van der Waals surface area contributed by atoms with Crippen LogP contribution in [0.4, 0.5) is 5.69 Å². The number of rotatable bonds is 4. The third kappa shape index (κ3) is 3.27. The highest BCUT2D eigenvalue weighted by Gasteiger charge is 2.07. The van der Waals surface area contributed by atoms with Crippen LogP contribution in [0, 0.1) is 0 Å². The summed E-state index contributed by atoms with van der Waals surface area (Å²) >= 11 is 0. The minimum absolute atomic E-state index is 0.00740. The predicted molar refractivity (Wildman–Crippen MR) is 63.2 cm³/mol. The molecule has 0 saturated heterocycles. The predicted octanol–water partition coefficient (Wildman–Crippen LogP) is 2.26. The first-order chi connectivity index (χ1) is 7.17. The third-order valence-corrected chi connectivity index (χ3v) is 2.43. The minimum Gasteiger partial charge on any atom is -0.388 e. The average molecular weight is 206 g/mol. The smallest absolute Gasteiger partial charge is 0.251 e. The van der Waals surface area contributed by atoms with E-state index in [1.54, 1.807) is 0 Å². The van der Waals surface area contributed by atoms with E-state index in [0.717, 1.165) is 12.1 Å². The Hall–Kier alpha value is -1.51. The van der Waals surface area contributed by atoms with Gasteiger partial charge in [0.25, 0.3) is 5.91 Å². The lowest BCUT2D eigenvalue weighted by atomic mass is 10.1. The number of anilines is 1. The van der Waals surface area contributed by atoms with Crippen LogP contribution < -0.4 is 10.6 Å². The Kier molecular flexibility index (Phi) is 4.16. The van der Waals surface area contributed by atoms with Gasteiger partial charge in [-0.1, -0.05) is 6.92 Å². The fourth-order valence-corrected chi connectivity index (χ4v) is 1.20. The first-order valence-electron chi connectivity index (χ1n) is 5.26. The molecular weight excluding hydrogens is 188 g/mol. The van der Waals surface area contributed by atoms with Crippen molar-refractivity contribution in [2.24, 2.45) is 0 Å². The van der Waals surface area contributed by atoms with Gasteiger partial charge in [0.05, 0.1) is 0 Å². The van der Waals surface area contributed by atoms with Crippen LogP contribution in [0.2, 0.25) is 0 Å². The zero-order valence-electron chi connectivity index (χ0n) is 9.50. The molecule has 3 nitrogen and oxygen atoms in total. The van der Waals surface area contributed by atoms with Crippen LogP contribution in [-0.4, -0.2) is 19.0 Å². The van der Waals surface area contributed by atoms with Crippen LogP contribution >= 0.6 is 0 Å². The summed E-state index contributed by atoms with van der Waals surface area (Å²) in [4.78, 5) is 11.7. The molecule has 0 radical (unpaired) electrons. The van der Waals surface area contributed by atoms with Gasteiger partial charge in [-0.2, -0.15) is 0 Å². The minimum atomic E-state index is -0.00740. The van der Waals surface area contributed by atoms with Crippen molar-refractivity contribution in [3.63, 3.8) is 0 Å². The van der Waals surface area contributed by atoms with Gasteiger partial charge in [0.2, 0.25) is 0 Å². The lowest BCUT2D eigenvalue weighted by Gasteiger charge is -2.11. The summed E-state index contributed by atoms with van der Waals surface area (Å²) in [5.41, 5.74) is 1.71. The fraction of sp³-hybridized carbons (Fsp3) is 0.417. The molecule has 15 heavy (non-hydrogen) atoms. The van der Waals surface area contributed by atoms with Crippen LogP contribution in [0.1, 0.15) is 30.6 Å². The third-order valence-electron chi connectivity index (χ3n) is 2.43. The maximum atomic E-state index is 11.7. The van der Waals surface area contributed by atoms with E-state index < -0.39 is 0 Å². The molecule has 0 aliphatic heterocycles. The Morgan fingerprint density at radius 3 is 2.40 bits per heavy atom. The molecule has 1 amide bonds. The van der Waals surface area contributed by atoms with E-state index >= 15 is 0 Å². The quantitative estimate of drug-likeness (QED) is 0.793. The van der Waals surface area contributed by atoms with Crippen molar-refractivity contribution >= 4 is 11.6 Å². The van der Waals surface area contributed by atoms with E-state index in [2.05, 4.69) is 17.6 Å². The Morgan fingerprint density at radius 1 is 1.33 bits per heavy atom. The number of carbonyl (C=O) groups is 1. The van der Waals surface area contributed by atoms with Gasteiger partial charge in [-0.05, 0) is 37.6 Å². The summed E-state index contributed by atoms with van der Waals surface area (Å²) in [5, 5.41) is 5.94. The van der Waals surface area contributed by atoms with Gasteiger partial charge in [0.1, 0.15) is 0 Å². The molecule has 0 spiro atoms. The summed E-state index contributed by atoms with van der Waals surface area (Å²) in [6, 6.07) is 7.66. The molecule has 3 heteroatoms. The molecule has 1 atom stereocenters. The topological polar surface area (TPSA) is 41.1 Å². The van der Waals surface area contributed by atoms with Crippen molar-refractivity contribution in [2.75, 3.05) is 12.4 Å². The zero-order chi connectivity index (χ0) is 11.3. The van der Waals surface area contributed by atoms with E-state index in [4.69, 9.17) is 0 Å². The molecule has 1 unspecified atom stereocenters. The maximum Gasteiger partial charge on any atom is 0.251 e. The van der Waals surface area contributed by atoms with Gasteiger partial charge < -0.3 is 10.6 Å². The lowest BCUT2D eigenvalue weighted by Crippen LogP contribution is -2.31. The normalized spacial score (nSPS) is 11.9. The molecule has 0 bridgehead atoms. The van der Waals surface area contributed by atoms with Gasteiger partial charge in [-0.3, -0.25) is 4.79 Å². The molecule has 0 aliphatic carbocycles. The fourth-order valence-electron chi connectivity index (χ4n) is 1.20. The first kappa shape index (κ1) is 11.6. The molecule has 1 aromatic rings. The standard InChI is InChI=1S/C12H18N2O/c1-4-9(2)14-12(15)10-5-7-11(13-3)8-6-10/h5-9,13H,4H2,1-3H3,(H,14,15). The van der Waals surface area contributed by atoms with Crippen molar-refractivity contribution in [1.82, 2.24) is 5.32 Å². The van der Waals surface area contributed by atoms with Crippen LogP contribution in [0.5, 0.6) is 0 Å². The summed E-state index contributed by atoms with van der Waals surface area (Å²) in [6.45, 7) is 4.05. The van der Waals surface area contributed by atoms with Gasteiger partial charge >= 0.3 is 0 Å². The Labute approximate surface area is 90.9 Å². The van der Waals surface area contributed by atoms with Gasteiger partial charge in [0, 0.05) is 24.3 Å². The van der Waals surface area contributed by atoms with E-state index in [0.29, 0.717) is 5.56 Å². The van der Waals surface area contributed by atoms with E-state index in [9.17, 15) is 4.79 Å². The molecule has 0 saturated carbocycles. The number of hydrogen-bond donors (Lipinski definition) is 2. The highest BCUT2D eigenvalue weighted by atomic mass is 16.1. The SMILES string of the molecule is CCC(C)NC(=O)c1ccc(NC)cc1. The number of hydrogen-bond acceptors (Lipinski definition) is 2. The van der Waals surface area contributed by atoms with Crippen LogP contribution in [0.3, 0.4) is 0 Å². The van der Waals surface area contributed by atoms with Crippen LogP contribution in [0.15, 0.2) is 24.3 Å². The van der Waals surface area contributed by atoms with Crippen molar-refractivity contribution in [3.8, 4) is 0 Å². The van der Waals surface area contributed by atoms with Gasteiger partial charge in [-0.25, -0.2) is 0 Å². The number of nitrogens with one attached hydrogen (secondary N) is 2. The van der Waals surface area contributed by atoms with E-state index in [1.807, 2.05) is 38.2 Å². The van der Waals surface area contributed by atoms with Gasteiger partial charge in [-0.15, -0.1) is 0 Å². The Bertz CT molecular complexity index is 319. The highest BCUT2D eigenvalue weighted by Crippen LogP contribution is 2.08. The maximum absolute atomic E-state index is 11.7. The molecule has 82 valence electrons. The van der Waals surface area contributed by atoms with Crippen LogP contribution in [0.25, 0.3) is 0 Å². The molecule has 0 aliphatic rings. The highest BCUT2D eigenvalue weighted by molar-refractivity contribution is 5.94. The van der Waals surface area contributed by atoms with Crippen molar-refractivity contribution < 1.29 is 4.79 Å². The second kappa shape index (κ2) is 5.39. The molecule has 0 heterocycles. The lowest BCUT2D eigenvalue weighted by molar-refractivity contribution is 0.0939. The van der Waals surface area contributed by atoms with Crippen molar-refractivity contribution in [2.45, 2.75) is 26.3 Å². The first-order valence-corrected chi connectivity index (χ1v) is 5.26. The second-order valence-electron chi connectivity index (χ2n) is 3.61. The summed E-state index contributed by atoms with van der Waals surface area (Å²) in [6.07, 6.45) is 0.945. The molecular formula is C12H18N2O. The Balaban J connectivity index is 2.66. The summed E-state index contributed by atoms with van der Waals surface area (Å²) < 4.78 is 0. The molecule has 0 aromatic heterocycles.